The maximum Gasteiger partial charge on any atom is 0.340 e. The summed E-state index contributed by atoms with van der Waals surface area (Å²) in [7, 11) is 4.04. The van der Waals surface area contributed by atoms with Gasteiger partial charge in [0.2, 0.25) is 0 Å². The molecule has 1 aromatic carbocycles. The molecule has 0 N–H and O–H groups in total. The van der Waals surface area contributed by atoms with Crippen LogP contribution in [-0.4, -0.2) is 40.7 Å². The van der Waals surface area contributed by atoms with Crippen LogP contribution in [0.25, 0.3) is 10.9 Å². The van der Waals surface area contributed by atoms with Gasteiger partial charge < -0.3 is 14.2 Å². The first-order valence-electron chi connectivity index (χ1n) is 8.70. The van der Waals surface area contributed by atoms with Gasteiger partial charge in [-0.25, -0.2) is 9.18 Å². The van der Waals surface area contributed by atoms with Crippen molar-refractivity contribution in [2.45, 2.75) is 50.3 Å². The van der Waals surface area contributed by atoms with Gasteiger partial charge in [0.25, 0.3) is 0 Å². The van der Waals surface area contributed by atoms with Crippen LogP contribution in [0.4, 0.5) is 4.39 Å². The Bertz CT molecular complexity index is 785. The summed E-state index contributed by atoms with van der Waals surface area (Å²) in [6, 6.07) is 5.66. The Morgan fingerprint density at radius 1 is 1.17 bits per heavy atom. The average Bonchev–Trinajstić information content (AvgIpc) is 2.99. The molecule has 2 aromatic rings. The van der Waals surface area contributed by atoms with E-state index in [9.17, 15) is 9.18 Å². The van der Waals surface area contributed by atoms with Crippen LogP contribution in [0.15, 0.2) is 24.4 Å². The lowest BCUT2D eigenvalue weighted by molar-refractivity contribution is 0.0240. The van der Waals surface area contributed by atoms with E-state index in [4.69, 9.17) is 4.74 Å². The fourth-order valence-electron chi connectivity index (χ4n) is 4.37. The van der Waals surface area contributed by atoms with E-state index >= 15 is 0 Å². The molecule has 3 unspecified atom stereocenters. The van der Waals surface area contributed by atoms with Crippen LogP contribution >= 0.6 is 0 Å². The molecule has 4 nitrogen and oxygen atoms in total. The largest absolute Gasteiger partial charge is 0.459 e. The van der Waals surface area contributed by atoms with Gasteiger partial charge >= 0.3 is 5.97 Å². The fourth-order valence-corrected chi connectivity index (χ4v) is 4.37. The highest BCUT2D eigenvalue weighted by molar-refractivity contribution is 6.04. The minimum absolute atomic E-state index is 0.0425. The van der Waals surface area contributed by atoms with Gasteiger partial charge in [0.15, 0.2) is 0 Å². The van der Waals surface area contributed by atoms with E-state index in [1.807, 2.05) is 11.6 Å². The van der Waals surface area contributed by atoms with E-state index in [1.165, 1.54) is 25.0 Å². The van der Waals surface area contributed by atoms with Crippen molar-refractivity contribution >= 4 is 16.9 Å². The molecular formula is C19H23FN2O2. The molecule has 0 radical (unpaired) electrons. The maximum atomic E-state index is 13.6. The van der Waals surface area contributed by atoms with Gasteiger partial charge in [0, 0.05) is 36.2 Å². The smallest absolute Gasteiger partial charge is 0.340 e. The number of carbonyl (C=O) groups is 1. The normalized spacial score (nSPS) is 27.4. The summed E-state index contributed by atoms with van der Waals surface area (Å²) in [5.74, 6) is -0.673. The highest BCUT2D eigenvalue weighted by atomic mass is 19.1. The highest BCUT2D eigenvalue weighted by Crippen LogP contribution is 2.34. The molecule has 0 amide bonds. The minimum Gasteiger partial charge on any atom is -0.459 e. The predicted molar refractivity (Wildman–Crippen MR) is 90.5 cm³/mol. The second kappa shape index (κ2) is 5.88. The van der Waals surface area contributed by atoms with Crippen molar-refractivity contribution in [3.8, 4) is 0 Å². The molecule has 1 aromatic heterocycles. The van der Waals surface area contributed by atoms with Crippen LogP contribution < -0.4 is 0 Å². The number of hydrogen-bond donors (Lipinski definition) is 0. The van der Waals surface area contributed by atoms with Crippen LogP contribution in [0.1, 0.15) is 42.5 Å². The van der Waals surface area contributed by atoms with Crippen molar-refractivity contribution in [3.05, 3.63) is 35.8 Å². The molecule has 3 atom stereocenters. The number of halogens is 1. The first-order valence-corrected chi connectivity index (χ1v) is 8.70. The summed E-state index contributed by atoms with van der Waals surface area (Å²) in [5, 5.41) is 0.620. The van der Waals surface area contributed by atoms with Gasteiger partial charge in [-0.1, -0.05) is 0 Å². The predicted octanol–water partition coefficient (Wildman–Crippen LogP) is 3.49. The van der Waals surface area contributed by atoms with Gasteiger partial charge in [0.05, 0.1) is 5.56 Å². The van der Waals surface area contributed by atoms with Gasteiger partial charge in [-0.3, -0.25) is 0 Å². The lowest BCUT2D eigenvalue weighted by Crippen LogP contribution is -2.31. The van der Waals surface area contributed by atoms with E-state index in [-0.39, 0.29) is 17.9 Å². The number of carbonyl (C=O) groups excluding carboxylic acids is 1. The zero-order valence-electron chi connectivity index (χ0n) is 14.2. The third-order valence-corrected chi connectivity index (χ3v) is 5.79. The van der Waals surface area contributed by atoms with Gasteiger partial charge in [0.1, 0.15) is 11.9 Å². The van der Waals surface area contributed by atoms with Gasteiger partial charge in [-0.15, -0.1) is 0 Å². The van der Waals surface area contributed by atoms with Crippen molar-refractivity contribution in [1.29, 1.82) is 0 Å². The minimum atomic E-state index is -0.337. The standard InChI is InChI=1S/C19H23FN2O2/c1-21-11-17(16-9-12(20)3-8-18(16)21)19(23)24-15-7-6-13-4-5-14(10-15)22(13)2/h3,8-9,11,13-15H,4-7,10H2,1-2H3. The number of nitrogens with zero attached hydrogens (tertiary/aromatic N) is 2. The highest BCUT2D eigenvalue weighted by Gasteiger charge is 2.36. The summed E-state index contributed by atoms with van der Waals surface area (Å²) >= 11 is 0. The lowest BCUT2D eigenvalue weighted by atomic mass is 9.98. The van der Waals surface area contributed by atoms with Crippen molar-refractivity contribution in [1.82, 2.24) is 9.47 Å². The third kappa shape index (κ3) is 2.61. The monoisotopic (exact) mass is 330 g/mol. The van der Waals surface area contributed by atoms with Crippen LogP contribution in [0, 0.1) is 5.82 Å². The number of ether oxygens (including phenoxy) is 1. The number of aryl methyl sites for hydroxylation is 1. The summed E-state index contributed by atoms with van der Waals surface area (Å²) in [6.07, 6.45) is 7.03. The second-order valence-corrected chi connectivity index (χ2v) is 7.21. The fraction of sp³-hybridized carbons (Fsp3) is 0.526. The topological polar surface area (TPSA) is 34.5 Å². The Hall–Kier alpha value is -1.88. The molecule has 5 heteroatoms. The molecule has 4 rings (SSSR count). The van der Waals surface area contributed by atoms with Crippen molar-refractivity contribution in [2.75, 3.05) is 7.05 Å². The number of benzene rings is 1. The lowest BCUT2D eigenvalue weighted by Gasteiger charge is -2.23. The Balaban J connectivity index is 1.55. The quantitative estimate of drug-likeness (QED) is 0.791. The van der Waals surface area contributed by atoms with Crippen LogP contribution in [0.2, 0.25) is 0 Å². The summed E-state index contributed by atoms with van der Waals surface area (Å²) in [5.41, 5.74) is 1.29. The number of esters is 1. The molecule has 2 aliphatic rings. The SMILES string of the molecule is CN1C2CCC(OC(=O)c3cn(C)c4ccc(F)cc34)CC1CC2. The Kier molecular flexibility index (Phi) is 3.83. The molecule has 0 saturated carbocycles. The number of rotatable bonds is 2. The zero-order chi connectivity index (χ0) is 16.8. The molecule has 2 aliphatic heterocycles. The summed E-state index contributed by atoms with van der Waals surface area (Å²) in [6.45, 7) is 0. The van der Waals surface area contributed by atoms with E-state index in [2.05, 4.69) is 11.9 Å². The average molecular weight is 330 g/mol. The molecule has 0 aliphatic carbocycles. The number of fused-ring (bicyclic) bond motifs is 3. The molecular weight excluding hydrogens is 307 g/mol. The van der Waals surface area contributed by atoms with Crippen molar-refractivity contribution in [3.63, 3.8) is 0 Å². The molecule has 2 bridgehead atoms. The second-order valence-electron chi connectivity index (χ2n) is 7.21. The third-order valence-electron chi connectivity index (χ3n) is 5.79. The Labute approximate surface area is 141 Å². The van der Waals surface area contributed by atoms with Crippen LogP contribution in [0.3, 0.4) is 0 Å². The molecule has 2 fully saturated rings. The first-order chi connectivity index (χ1) is 11.5. The van der Waals surface area contributed by atoms with Crippen molar-refractivity contribution < 1.29 is 13.9 Å². The first kappa shape index (κ1) is 15.6. The summed E-state index contributed by atoms with van der Waals surface area (Å²) in [4.78, 5) is 15.1. The van der Waals surface area contributed by atoms with E-state index < -0.39 is 0 Å². The van der Waals surface area contributed by atoms with Crippen molar-refractivity contribution in [2.24, 2.45) is 7.05 Å². The van der Waals surface area contributed by atoms with Crippen LogP contribution in [0.5, 0.6) is 0 Å². The van der Waals surface area contributed by atoms with Crippen LogP contribution in [-0.2, 0) is 11.8 Å². The maximum absolute atomic E-state index is 13.6. The van der Waals surface area contributed by atoms with Gasteiger partial charge in [-0.2, -0.15) is 0 Å². The summed E-state index contributed by atoms with van der Waals surface area (Å²) < 4.78 is 21.2. The number of aromatic nitrogens is 1. The molecule has 24 heavy (non-hydrogen) atoms. The molecule has 3 heterocycles. The molecule has 0 spiro atoms. The molecule has 128 valence electrons. The van der Waals surface area contributed by atoms with E-state index in [1.54, 1.807) is 12.3 Å². The van der Waals surface area contributed by atoms with E-state index in [0.29, 0.717) is 23.0 Å². The Morgan fingerprint density at radius 2 is 1.92 bits per heavy atom. The number of hydrogen-bond acceptors (Lipinski definition) is 3. The van der Waals surface area contributed by atoms with E-state index in [0.717, 1.165) is 24.8 Å². The van der Waals surface area contributed by atoms with Gasteiger partial charge in [-0.05, 0) is 57.4 Å². The Morgan fingerprint density at radius 3 is 2.75 bits per heavy atom. The molecule has 2 saturated heterocycles. The zero-order valence-corrected chi connectivity index (χ0v) is 14.2.